The van der Waals surface area contributed by atoms with Crippen LogP contribution in [-0.2, 0) is 20.7 Å². The quantitative estimate of drug-likeness (QED) is 0.148. The van der Waals surface area contributed by atoms with Crippen LogP contribution in [0.5, 0.6) is 11.5 Å². The molecule has 200 valence electrons. The number of amides is 1. The van der Waals surface area contributed by atoms with E-state index >= 15 is 0 Å². The van der Waals surface area contributed by atoms with E-state index in [2.05, 4.69) is 11.6 Å². The van der Waals surface area contributed by atoms with Gasteiger partial charge in [-0.2, -0.15) is 0 Å². The van der Waals surface area contributed by atoms with E-state index in [0.717, 1.165) is 22.6 Å². The van der Waals surface area contributed by atoms with Crippen molar-refractivity contribution in [3.63, 3.8) is 0 Å². The van der Waals surface area contributed by atoms with Gasteiger partial charge in [-0.1, -0.05) is 36.1 Å². The molecule has 0 radical (unpaired) electrons. The highest BCUT2D eigenvalue weighted by atomic mass is 32.1. The fraction of sp³-hybridized carbons (Fsp3) is 0.241. The molecule has 1 fully saturated rings. The predicted octanol–water partition coefficient (Wildman–Crippen LogP) is 4.75. The van der Waals surface area contributed by atoms with E-state index in [9.17, 15) is 19.5 Å². The van der Waals surface area contributed by atoms with Gasteiger partial charge in [0, 0.05) is 12.0 Å². The predicted molar refractivity (Wildman–Crippen MR) is 145 cm³/mol. The number of aromatic nitrogens is 1. The number of hydrogen-bond acceptors (Lipinski definition) is 9. The van der Waals surface area contributed by atoms with Crippen LogP contribution >= 0.6 is 11.3 Å². The van der Waals surface area contributed by atoms with Gasteiger partial charge in [0.1, 0.15) is 34.8 Å². The summed E-state index contributed by atoms with van der Waals surface area (Å²) in [4.78, 5) is 45.4. The maximum Gasteiger partial charge on any atom is 0.350 e. The van der Waals surface area contributed by atoms with Crippen LogP contribution < -0.4 is 14.4 Å². The molecule has 0 unspecified atom stereocenters. The fourth-order valence-electron chi connectivity index (χ4n) is 4.73. The van der Waals surface area contributed by atoms with E-state index in [1.807, 2.05) is 6.92 Å². The van der Waals surface area contributed by atoms with Crippen molar-refractivity contribution in [2.45, 2.75) is 32.4 Å². The summed E-state index contributed by atoms with van der Waals surface area (Å²) in [6.07, 6.45) is 2.11. The number of carbonyl (C=O) groups is 3. The topological polar surface area (TPSA) is 115 Å². The Labute approximate surface area is 229 Å². The van der Waals surface area contributed by atoms with Crippen LogP contribution in [0.25, 0.3) is 5.76 Å². The molecular weight excluding hydrogens is 520 g/mol. The molecule has 5 rings (SSSR count). The van der Waals surface area contributed by atoms with Crippen LogP contribution in [0.3, 0.4) is 0 Å². The molecule has 2 aliphatic heterocycles. The number of methoxy groups -OCH3 is 1. The van der Waals surface area contributed by atoms with E-state index in [-0.39, 0.29) is 34.1 Å². The molecule has 0 spiro atoms. The van der Waals surface area contributed by atoms with E-state index in [0.29, 0.717) is 29.0 Å². The zero-order valence-corrected chi connectivity index (χ0v) is 22.4. The second-order valence-electron chi connectivity index (χ2n) is 9.20. The molecule has 39 heavy (non-hydrogen) atoms. The first-order chi connectivity index (χ1) is 18.7. The SMILES string of the molecule is C=CCOC(=O)c1sc(N2C(=O)C(=O)/C(=C(/O)c3ccc4c(c3)C[C@@H](C)O4)[C@@H]2c2ccc(OC)cc2)nc1C. The highest BCUT2D eigenvalue weighted by Gasteiger charge is 2.48. The van der Waals surface area contributed by atoms with Crippen molar-refractivity contribution in [3.8, 4) is 11.5 Å². The van der Waals surface area contributed by atoms with Crippen LogP contribution in [0, 0.1) is 6.92 Å². The van der Waals surface area contributed by atoms with Gasteiger partial charge >= 0.3 is 11.9 Å². The summed E-state index contributed by atoms with van der Waals surface area (Å²) >= 11 is 0.941. The third-order valence-electron chi connectivity index (χ3n) is 6.55. The Hall–Kier alpha value is -4.44. The maximum absolute atomic E-state index is 13.5. The number of ether oxygens (including phenoxy) is 3. The Morgan fingerprint density at radius 1 is 1.26 bits per heavy atom. The number of aryl methyl sites for hydroxylation is 1. The van der Waals surface area contributed by atoms with Crippen LogP contribution in [0.4, 0.5) is 5.13 Å². The fourth-order valence-corrected chi connectivity index (χ4v) is 5.72. The number of carbonyl (C=O) groups excluding carboxylic acids is 3. The lowest BCUT2D eigenvalue weighted by molar-refractivity contribution is -0.132. The highest BCUT2D eigenvalue weighted by molar-refractivity contribution is 7.17. The zero-order valence-electron chi connectivity index (χ0n) is 21.6. The van der Waals surface area contributed by atoms with Crippen molar-refractivity contribution in [1.29, 1.82) is 0 Å². The first-order valence-electron chi connectivity index (χ1n) is 12.2. The minimum Gasteiger partial charge on any atom is -0.507 e. The van der Waals surface area contributed by atoms with Gasteiger partial charge in [-0.05, 0) is 55.3 Å². The molecule has 1 N–H and O–H groups in total. The summed E-state index contributed by atoms with van der Waals surface area (Å²) < 4.78 is 16.2. The lowest BCUT2D eigenvalue weighted by atomic mass is 9.94. The number of hydrogen-bond donors (Lipinski definition) is 1. The smallest absolute Gasteiger partial charge is 0.350 e. The van der Waals surface area contributed by atoms with Crippen molar-refractivity contribution in [1.82, 2.24) is 4.98 Å². The molecule has 10 heteroatoms. The number of rotatable bonds is 7. The molecule has 1 amide bonds. The number of aliphatic hydroxyl groups is 1. The second-order valence-corrected chi connectivity index (χ2v) is 10.2. The summed E-state index contributed by atoms with van der Waals surface area (Å²) in [5.41, 5.74) is 2.12. The van der Waals surface area contributed by atoms with Gasteiger partial charge in [-0.15, -0.1) is 0 Å². The van der Waals surface area contributed by atoms with Crippen LogP contribution in [0.2, 0.25) is 0 Å². The Morgan fingerprint density at radius 3 is 2.69 bits per heavy atom. The number of fused-ring (bicyclic) bond motifs is 1. The van der Waals surface area contributed by atoms with Crippen molar-refractivity contribution in [2.24, 2.45) is 0 Å². The minimum absolute atomic E-state index is 0.00258. The summed E-state index contributed by atoms with van der Waals surface area (Å²) in [5, 5.41) is 11.6. The number of anilines is 1. The number of nitrogens with zero attached hydrogens (tertiary/aromatic N) is 2. The van der Waals surface area contributed by atoms with Crippen LogP contribution in [0.15, 0.2) is 60.7 Å². The third-order valence-corrected chi connectivity index (χ3v) is 7.69. The summed E-state index contributed by atoms with van der Waals surface area (Å²) in [6, 6.07) is 11.0. The van der Waals surface area contributed by atoms with E-state index in [1.54, 1.807) is 49.4 Å². The Kier molecular flexibility index (Phi) is 6.96. The molecule has 2 aliphatic rings. The van der Waals surface area contributed by atoms with Crippen molar-refractivity contribution in [3.05, 3.63) is 88.0 Å². The minimum atomic E-state index is -0.998. The Morgan fingerprint density at radius 2 is 2.00 bits per heavy atom. The second kappa shape index (κ2) is 10.4. The third kappa shape index (κ3) is 4.67. The Balaban J connectivity index is 1.64. The van der Waals surface area contributed by atoms with Crippen molar-refractivity contribution in [2.75, 3.05) is 18.6 Å². The number of esters is 1. The number of aliphatic hydroxyl groups excluding tert-OH is 1. The zero-order chi connectivity index (χ0) is 27.8. The van der Waals surface area contributed by atoms with Gasteiger partial charge in [0.15, 0.2) is 5.13 Å². The standard InChI is InChI=1S/C29H26N2O7S/c1-5-12-37-28(35)26-16(3)30-29(39-26)31-23(17-6-9-20(36-4)10-7-17)22(25(33)27(31)34)24(32)18-8-11-21-19(14-18)13-15(2)38-21/h5-11,14-15,23,32H,1,12-13H2,2-4H3/b24-22+/t15-,23+/m1/s1. The van der Waals surface area contributed by atoms with Crippen molar-refractivity contribution < 1.29 is 33.7 Å². The van der Waals surface area contributed by atoms with E-state index < -0.39 is 23.7 Å². The van der Waals surface area contributed by atoms with E-state index in [4.69, 9.17) is 14.2 Å². The van der Waals surface area contributed by atoms with Crippen molar-refractivity contribution >= 4 is 39.9 Å². The number of Topliss-reactive ketones (excluding diaryl/α,β-unsaturated/α-hetero) is 1. The molecule has 2 aromatic carbocycles. The molecule has 9 nitrogen and oxygen atoms in total. The average Bonchev–Trinajstić information content (AvgIpc) is 3.58. The lowest BCUT2D eigenvalue weighted by Crippen LogP contribution is -2.29. The van der Waals surface area contributed by atoms with Crippen LogP contribution in [-0.4, -0.2) is 47.6 Å². The highest BCUT2D eigenvalue weighted by Crippen LogP contribution is 2.44. The van der Waals surface area contributed by atoms with E-state index in [1.165, 1.54) is 18.1 Å². The van der Waals surface area contributed by atoms with Gasteiger partial charge in [0.25, 0.3) is 5.78 Å². The molecular formula is C29H26N2O7S. The molecule has 1 saturated heterocycles. The average molecular weight is 547 g/mol. The van der Waals surface area contributed by atoms with Crippen LogP contribution in [0.1, 0.15) is 45.0 Å². The van der Waals surface area contributed by atoms with Gasteiger partial charge in [-0.3, -0.25) is 14.5 Å². The molecule has 0 saturated carbocycles. The molecule has 1 aromatic heterocycles. The molecule has 3 aromatic rings. The molecule has 0 aliphatic carbocycles. The number of ketones is 1. The summed E-state index contributed by atoms with van der Waals surface area (Å²) in [5.74, 6) is -1.33. The lowest BCUT2D eigenvalue weighted by Gasteiger charge is -2.23. The Bertz CT molecular complexity index is 1520. The summed E-state index contributed by atoms with van der Waals surface area (Å²) in [6.45, 7) is 7.13. The van der Waals surface area contributed by atoms with Gasteiger partial charge in [0.2, 0.25) is 0 Å². The van der Waals surface area contributed by atoms with Gasteiger partial charge < -0.3 is 19.3 Å². The largest absolute Gasteiger partial charge is 0.507 e. The molecule has 2 atom stereocenters. The summed E-state index contributed by atoms with van der Waals surface area (Å²) in [7, 11) is 1.53. The first kappa shape index (κ1) is 26.2. The number of thiazole rings is 1. The molecule has 0 bridgehead atoms. The van der Waals surface area contributed by atoms with Gasteiger partial charge in [-0.25, -0.2) is 9.78 Å². The molecule has 3 heterocycles. The maximum atomic E-state index is 13.5. The number of benzene rings is 2. The normalized spacial score (nSPS) is 19.5. The van der Waals surface area contributed by atoms with Gasteiger partial charge in [0.05, 0.1) is 24.4 Å². The monoisotopic (exact) mass is 546 g/mol. The first-order valence-corrected chi connectivity index (χ1v) is 13.1.